The number of rotatable bonds is 13. The summed E-state index contributed by atoms with van der Waals surface area (Å²) in [7, 11) is 0. The predicted octanol–water partition coefficient (Wildman–Crippen LogP) is 5.75. The van der Waals surface area contributed by atoms with Gasteiger partial charge < -0.3 is 19.3 Å². The van der Waals surface area contributed by atoms with E-state index in [9.17, 15) is 14.7 Å². The smallest absolute Gasteiger partial charge is 0.478 e. The first-order chi connectivity index (χ1) is 24.2. The average Bonchev–Trinajstić information content (AvgIpc) is 3.74. The summed E-state index contributed by atoms with van der Waals surface area (Å²) in [6.45, 7) is 4.01. The molecule has 16 nitrogen and oxygen atoms in total. The van der Waals surface area contributed by atoms with E-state index in [-0.39, 0.29) is 17.9 Å². The van der Waals surface area contributed by atoms with E-state index < -0.39 is 23.7 Å². The maximum Gasteiger partial charge on any atom is 0.515 e. The van der Waals surface area contributed by atoms with E-state index in [4.69, 9.17) is 24.6 Å². The number of hydrogen-bond acceptors (Lipinski definition) is 13. The third-order valence-corrected chi connectivity index (χ3v) is 7.50. The van der Waals surface area contributed by atoms with Gasteiger partial charge in [-0.15, -0.1) is 15.0 Å². The number of aromatic nitrogens is 6. The van der Waals surface area contributed by atoms with Gasteiger partial charge in [0.2, 0.25) is 12.1 Å². The normalized spacial score (nSPS) is 11.9. The minimum absolute atomic E-state index is 0.111. The third-order valence-electron chi connectivity index (χ3n) is 7.50. The van der Waals surface area contributed by atoms with Gasteiger partial charge in [0.25, 0.3) is 6.01 Å². The predicted molar refractivity (Wildman–Crippen MR) is 174 cm³/mol. The van der Waals surface area contributed by atoms with Crippen molar-refractivity contribution >= 4 is 23.2 Å². The fourth-order valence-electron chi connectivity index (χ4n) is 5.20. The number of para-hydroxylation sites is 1. The van der Waals surface area contributed by atoms with Crippen LogP contribution >= 0.6 is 0 Å². The Labute approximate surface area is 284 Å². The van der Waals surface area contributed by atoms with E-state index in [2.05, 4.69) is 25.2 Å². The van der Waals surface area contributed by atoms with Crippen molar-refractivity contribution in [3.8, 4) is 34.3 Å². The summed E-state index contributed by atoms with van der Waals surface area (Å²) in [6, 6.07) is 26.8. The molecule has 256 valence electrons. The van der Waals surface area contributed by atoms with Crippen LogP contribution in [0.25, 0.3) is 33.5 Å². The number of aromatic carboxylic acids is 1. The number of ether oxygens (including phenoxy) is 3. The van der Waals surface area contributed by atoms with Crippen LogP contribution < -0.4 is 9.47 Å². The van der Waals surface area contributed by atoms with Crippen LogP contribution in [0.1, 0.15) is 41.6 Å². The van der Waals surface area contributed by atoms with Crippen molar-refractivity contribution in [3.63, 3.8) is 0 Å². The highest BCUT2D eigenvalue weighted by atomic mass is 17.1. The summed E-state index contributed by atoms with van der Waals surface area (Å²) in [5.41, 5.74) is 5.07. The lowest BCUT2D eigenvalue weighted by atomic mass is 9.98. The molecular formula is C34H31N7O9. The molecule has 0 aliphatic heterocycles. The summed E-state index contributed by atoms with van der Waals surface area (Å²) in [6.07, 6.45) is -1.94. The Morgan fingerprint density at radius 3 is 2.32 bits per heavy atom. The first kappa shape index (κ1) is 33.7. The number of fused-ring (bicyclic) bond motifs is 1. The van der Waals surface area contributed by atoms with Crippen molar-refractivity contribution in [2.45, 2.75) is 33.2 Å². The molecule has 2 aromatic heterocycles. The second-order valence-electron chi connectivity index (χ2n) is 10.8. The van der Waals surface area contributed by atoms with Crippen molar-refractivity contribution in [2.75, 3.05) is 6.61 Å². The van der Waals surface area contributed by atoms with Gasteiger partial charge in [-0.1, -0.05) is 66.7 Å². The molecule has 3 N–H and O–H groups in total. The molecule has 0 amide bonds. The molecule has 0 fully saturated rings. The molecule has 50 heavy (non-hydrogen) atoms. The molecule has 0 bridgehead atoms. The van der Waals surface area contributed by atoms with E-state index in [1.807, 2.05) is 55.5 Å². The van der Waals surface area contributed by atoms with Crippen LogP contribution in [0.5, 0.6) is 11.8 Å². The van der Waals surface area contributed by atoms with Crippen LogP contribution in [0.15, 0.2) is 91.0 Å². The van der Waals surface area contributed by atoms with Gasteiger partial charge >= 0.3 is 12.1 Å². The molecule has 0 saturated carbocycles. The lowest BCUT2D eigenvalue weighted by Crippen LogP contribution is -2.19. The monoisotopic (exact) mass is 681 g/mol. The molecule has 0 radical (unpaired) electrons. The van der Waals surface area contributed by atoms with E-state index in [1.165, 1.54) is 12.1 Å². The first-order valence-electron chi connectivity index (χ1n) is 15.3. The van der Waals surface area contributed by atoms with E-state index >= 15 is 0 Å². The Hall–Kier alpha value is -6.20. The minimum Gasteiger partial charge on any atom is -0.478 e. The highest BCUT2D eigenvalue weighted by Crippen LogP contribution is 2.31. The van der Waals surface area contributed by atoms with Crippen LogP contribution in [0.4, 0.5) is 4.79 Å². The number of carboxylic acid groups (broad SMARTS) is 1. The number of carboxylic acids is 1. The average molecular weight is 682 g/mol. The Kier molecular flexibility index (Phi) is 10.1. The van der Waals surface area contributed by atoms with Crippen molar-refractivity contribution in [1.29, 1.82) is 0 Å². The van der Waals surface area contributed by atoms with Gasteiger partial charge in [-0.05, 0) is 65.6 Å². The number of carbonyl (C=O) groups is 2. The fraction of sp³-hybridized carbons (Fsp3) is 0.176. The zero-order valence-electron chi connectivity index (χ0n) is 26.8. The van der Waals surface area contributed by atoms with Gasteiger partial charge in [0.1, 0.15) is 5.75 Å². The molecule has 1 unspecified atom stereocenters. The van der Waals surface area contributed by atoms with Crippen molar-refractivity contribution < 1.29 is 44.2 Å². The van der Waals surface area contributed by atoms with Crippen LogP contribution in [-0.2, 0) is 22.7 Å². The van der Waals surface area contributed by atoms with Gasteiger partial charge in [-0.3, -0.25) is 15.0 Å². The zero-order chi connectivity index (χ0) is 35.2. The number of benzene rings is 4. The second kappa shape index (κ2) is 14.9. The number of tetrazole rings is 1. The van der Waals surface area contributed by atoms with E-state index in [0.29, 0.717) is 47.1 Å². The van der Waals surface area contributed by atoms with Gasteiger partial charge in [0.15, 0.2) is 0 Å². The standard InChI is InChI=1S/C34H31N7O9/c1-3-47-33-35-29-10-6-9-28(32(42)43)30(29)39(33)19-22-11-15-24(16-12-22)26-7-4-5-8-27(26)31-36-38-40(37-31)21(2)49-34(44)50-25-17-13-23(14-18-25)20-48-41(45)46/h4-18,21,45-46H,3,19-20H2,1-2H3,(H,42,43). The second-order valence-corrected chi connectivity index (χ2v) is 10.8. The third kappa shape index (κ3) is 7.58. The minimum atomic E-state index is -1.05. The number of hydrogen-bond donors (Lipinski definition) is 3. The van der Waals surface area contributed by atoms with Crippen molar-refractivity contribution in [2.24, 2.45) is 0 Å². The van der Waals surface area contributed by atoms with Gasteiger partial charge in [0.05, 0.1) is 41.7 Å². The van der Waals surface area contributed by atoms with Crippen LogP contribution in [-0.4, -0.2) is 69.4 Å². The summed E-state index contributed by atoms with van der Waals surface area (Å²) in [4.78, 5) is 34.6. The molecule has 6 aromatic rings. The highest BCUT2D eigenvalue weighted by molar-refractivity contribution is 6.01. The fourth-order valence-corrected chi connectivity index (χ4v) is 5.20. The molecule has 16 heteroatoms. The van der Waals surface area contributed by atoms with E-state index in [1.54, 1.807) is 41.8 Å². The SMILES string of the molecule is CCOc1nc2cccc(C(=O)O)c2n1Cc1ccc(-c2ccccc2-c2nnn(C(C)OC(=O)Oc3ccc(CON(O)O)cc3)n2)cc1. The van der Waals surface area contributed by atoms with Crippen molar-refractivity contribution in [3.05, 3.63) is 108 Å². The maximum absolute atomic E-state index is 12.4. The highest BCUT2D eigenvalue weighted by Gasteiger charge is 2.21. The lowest BCUT2D eigenvalue weighted by Gasteiger charge is -2.12. The van der Waals surface area contributed by atoms with Crippen molar-refractivity contribution in [1.82, 2.24) is 35.1 Å². The Morgan fingerprint density at radius 1 is 0.900 bits per heavy atom. The van der Waals surface area contributed by atoms with Gasteiger partial charge in [-0.2, -0.15) is 4.98 Å². The Bertz CT molecular complexity index is 2110. The van der Waals surface area contributed by atoms with Crippen LogP contribution in [0, 0.1) is 0 Å². The summed E-state index contributed by atoms with van der Waals surface area (Å²) in [5, 5.41) is 39.4. The number of nitrogens with zero attached hydrogens (tertiary/aromatic N) is 7. The summed E-state index contributed by atoms with van der Waals surface area (Å²) >= 11 is 0. The van der Waals surface area contributed by atoms with Gasteiger partial charge in [-0.25, -0.2) is 14.4 Å². The van der Waals surface area contributed by atoms with Crippen LogP contribution in [0.3, 0.4) is 0 Å². The quantitative estimate of drug-likeness (QED) is 0.0757. The topological polar surface area (TPSA) is 196 Å². The zero-order valence-corrected chi connectivity index (χ0v) is 26.8. The molecule has 0 aliphatic carbocycles. The summed E-state index contributed by atoms with van der Waals surface area (Å²) in [5.74, 6) is -0.544. The maximum atomic E-state index is 12.4. The number of carbonyl (C=O) groups excluding carboxylic acids is 1. The van der Waals surface area contributed by atoms with Crippen LogP contribution in [0.2, 0.25) is 0 Å². The molecule has 2 heterocycles. The Balaban J connectivity index is 1.15. The van der Waals surface area contributed by atoms with Gasteiger partial charge in [0, 0.05) is 5.56 Å². The largest absolute Gasteiger partial charge is 0.515 e. The van der Waals surface area contributed by atoms with E-state index in [0.717, 1.165) is 21.5 Å². The molecule has 0 aliphatic rings. The molecule has 0 saturated heterocycles. The Morgan fingerprint density at radius 2 is 1.62 bits per heavy atom. The molecular weight excluding hydrogens is 650 g/mol. The molecule has 4 aromatic carbocycles. The summed E-state index contributed by atoms with van der Waals surface area (Å²) < 4.78 is 18.1. The molecule has 0 spiro atoms. The lowest BCUT2D eigenvalue weighted by molar-refractivity contribution is -0.497. The first-order valence-corrected chi connectivity index (χ1v) is 15.3. The molecule has 6 rings (SSSR count). The number of imidazole rings is 1. The molecule has 1 atom stereocenters.